The molecule has 98 valence electrons. The molecule has 5 heteroatoms. The minimum absolute atomic E-state index is 0.0906. The maximum atomic E-state index is 12.2. The van der Waals surface area contributed by atoms with Gasteiger partial charge in [-0.2, -0.15) is 0 Å². The lowest BCUT2D eigenvalue weighted by Crippen LogP contribution is -2.32. The predicted octanol–water partition coefficient (Wildman–Crippen LogP) is 3.29. The van der Waals surface area contributed by atoms with Crippen LogP contribution in [0.4, 0.5) is 10.5 Å². The number of carbonyl (C=O) groups excluding carboxylic acids is 1. The van der Waals surface area contributed by atoms with Crippen molar-refractivity contribution in [2.75, 3.05) is 24.5 Å². The Bertz CT molecular complexity index is 408. The SMILES string of the molecule is CCCCN1CCN(c2ccc(SO)cc2)C1=O. The van der Waals surface area contributed by atoms with Crippen molar-refractivity contribution in [1.82, 2.24) is 4.90 Å². The highest BCUT2D eigenvalue weighted by molar-refractivity contribution is 7.93. The van der Waals surface area contributed by atoms with E-state index in [9.17, 15) is 4.79 Å². The first-order chi connectivity index (χ1) is 8.76. The van der Waals surface area contributed by atoms with E-state index in [4.69, 9.17) is 4.55 Å². The van der Waals surface area contributed by atoms with Crippen LogP contribution in [-0.4, -0.2) is 35.1 Å². The summed E-state index contributed by atoms with van der Waals surface area (Å²) in [5.74, 6) is 0. The van der Waals surface area contributed by atoms with Gasteiger partial charge in [0.25, 0.3) is 0 Å². The third-order valence-electron chi connectivity index (χ3n) is 3.13. The number of nitrogens with zero attached hydrogens (tertiary/aromatic N) is 2. The molecule has 0 aromatic heterocycles. The van der Waals surface area contributed by atoms with Gasteiger partial charge in [-0.15, -0.1) is 0 Å². The first-order valence-corrected chi connectivity index (χ1v) is 7.01. The first-order valence-electron chi connectivity index (χ1n) is 6.24. The molecule has 4 nitrogen and oxygen atoms in total. The number of hydrogen-bond acceptors (Lipinski definition) is 3. The Morgan fingerprint density at radius 3 is 2.61 bits per heavy atom. The molecule has 1 fully saturated rings. The Labute approximate surface area is 112 Å². The van der Waals surface area contributed by atoms with Crippen molar-refractivity contribution >= 4 is 23.8 Å². The molecule has 18 heavy (non-hydrogen) atoms. The van der Waals surface area contributed by atoms with Crippen LogP contribution in [0, 0.1) is 0 Å². The van der Waals surface area contributed by atoms with Crippen LogP contribution in [0.15, 0.2) is 29.2 Å². The standard InChI is InChI=1S/C13H18N2O2S/c1-2-3-8-14-9-10-15(13(14)16)11-4-6-12(18-17)7-5-11/h4-7,17H,2-3,8-10H2,1H3. The summed E-state index contributed by atoms with van der Waals surface area (Å²) in [6, 6.07) is 7.48. The van der Waals surface area contributed by atoms with Gasteiger partial charge in [-0.25, -0.2) is 4.79 Å². The first kappa shape index (κ1) is 13.2. The molecule has 0 atom stereocenters. The van der Waals surface area contributed by atoms with E-state index < -0.39 is 0 Å². The van der Waals surface area contributed by atoms with E-state index in [1.54, 1.807) is 4.90 Å². The average Bonchev–Trinajstić information content (AvgIpc) is 2.78. The molecule has 0 spiro atoms. The summed E-state index contributed by atoms with van der Waals surface area (Å²) < 4.78 is 8.91. The van der Waals surface area contributed by atoms with E-state index in [-0.39, 0.29) is 6.03 Å². The maximum absolute atomic E-state index is 12.2. The average molecular weight is 266 g/mol. The van der Waals surface area contributed by atoms with Crippen LogP contribution in [0.2, 0.25) is 0 Å². The van der Waals surface area contributed by atoms with Gasteiger partial charge in [-0.3, -0.25) is 4.90 Å². The maximum Gasteiger partial charge on any atom is 0.324 e. The van der Waals surface area contributed by atoms with Crippen molar-refractivity contribution in [2.24, 2.45) is 0 Å². The van der Waals surface area contributed by atoms with Gasteiger partial charge in [0.2, 0.25) is 0 Å². The van der Waals surface area contributed by atoms with Gasteiger partial charge in [0.1, 0.15) is 0 Å². The zero-order chi connectivity index (χ0) is 13.0. The molecule has 0 unspecified atom stereocenters. The van der Waals surface area contributed by atoms with Gasteiger partial charge in [0, 0.05) is 42.3 Å². The molecule has 0 radical (unpaired) electrons. The molecule has 1 saturated heterocycles. The lowest BCUT2D eigenvalue weighted by molar-refractivity contribution is 0.220. The zero-order valence-corrected chi connectivity index (χ0v) is 11.3. The van der Waals surface area contributed by atoms with E-state index in [2.05, 4.69) is 6.92 Å². The Morgan fingerprint density at radius 1 is 1.28 bits per heavy atom. The molecule has 1 N–H and O–H groups in total. The third-order valence-corrected chi connectivity index (χ3v) is 3.61. The second-order valence-electron chi connectivity index (χ2n) is 4.36. The van der Waals surface area contributed by atoms with Crippen molar-refractivity contribution in [2.45, 2.75) is 24.7 Å². The molecule has 1 aliphatic rings. The molecule has 2 amide bonds. The van der Waals surface area contributed by atoms with Crippen LogP contribution in [-0.2, 0) is 0 Å². The summed E-state index contributed by atoms with van der Waals surface area (Å²) in [6.07, 6.45) is 2.16. The van der Waals surface area contributed by atoms with E-state index in [1.165, 1.54) is 0 Å². The van der Waals surface area contributed by atoms with Crippen molar-refractivity contribution in [3.05, 3.63) is 24.3 Å². The van der Waals surface area contributed by atoms with Crippen LogP contribution in [0.3, 0.4) is 0 Å². The van der Waals surface area contributed by atoms with Crippen LogP contribution < -0.4 is 4.90 Å². The zero-order valence-electron chi connectivity index (χ0n) is 10.5. The van der Waals surface area contributed by atoms with Crippen molar-refractivity contribution in [1.29, 1.82) is 0 Å². The molecule has 1 heterocycles. The summed E-state index contributed by atoms with van der Waals surface area (Å²) in [5, 5.41) is 0. The molecule has 1 aromatic carbocycles. The van der Waals surface area contributed by atoms with Gasteiger partial charge in [0.15, 0.2) is 0 Å². The second-order valence-corrected chi connectivity index (χ2v) is 5.01. The minimum atomic E-state index is 0.0906. The molecule has 1 aromatic rings. The molecule has 2 rings (SSSR count). The van der Waals surface area contributed by atoms with Crippen molar-refractivity contribution in [3.63, 3.8) is 0 Å². The highest BCUT2D eigenvalue weighted by Gasteiger charge is 2.28. The highest BCUT2D eigenvalue weighted by atomic mass is 32.2. The van der Waals surface area contributed by atoms with Crippen molar-refractivity contribution < 1.29 is 9.35 Å². The monoisotopic (exact) mass is 266 g/mol. The highest BCUT2D eigenvalue weighted by Crippen LogP contribution is 2.23. The number of unbranched alkanes of at least 4 members (excludes halogenated alkanes) is 1. The summed E-state index contributed by atoms with van der Waals surface area (Å²) >= 11 is 0.719. The number of urea groups is 1. The molecule has 0 aliphatic carbocycles. The van der Waals surface area contributed by atoms with Gasteiger partial charge < -0.3 is 9.45 Å². The number of carbonyl (C=O) groups is 1. The van der Waals surface area contributed by atoms with E-state index in [0.717, 1.165) is 55.1 Å². The van der Waals surface area contributed by atoms with E-state index >= 15 is 0 Å². The predicted molar refractivity (Wildman–Crippen MR) is 74.2 cm³/mol. The Morgan fingerprint density at radius 2 is 2.00 bits per heavy atom. The van der Waals surface area contributed by atoms with Gasteiger partial charge >= 0.3 is 6.03 Å². The quantitative estimate of drug-likeness (QED) is 0.832. The number of benzene rings is 1. The lowest BCUT2D eigenvalue weighted by atomic mass is 10.3. The number of anilines is 1. The fraction of sp³-hybridized carbons (Fsp3) is 0.462. The van der Waals surface area contributed by atoms with Gasteiger partial charge in [0.05, 0.1) is 0 Å². The van der Waals surface area contributed by atoms with Gasteiger partial charge in [-0.1, -0.05) is 13.3 Å². The normalized spacial score (nSPS) is 15.6. The summed E-state index contributed by atoms with van der Waals surface area (Å²) in [5.41, 5.74) is 0.900. The van der Waals surface area contributed by atoms with Crippen LogP contribution >= 0.6 is 12.0 Å². The fourth-order valence-corrected chi connectivity index (χ4v) is 2.32. The molecule has 0 bridgehead atoms. The molecule has 0 saturated carbocycles. The summed E-state index contributed by atoms with van der Waals surface area (Å²) in [4.78, 5) is 16.6. The van der Waals surface area contributed by atoms with Crippen LogP contribution in [0.1, 0.15) is 19.8 Å². The van der Waals surface area contributed by atoms with Crippen molar-refractivity contribution in [3.8, 4) is 0 Å². The Kier molecular flexibility index (Phi) is 4.49. The van der Waals surface area contributed by atoms with E-state index in [1.807, 2.05) is 29.2 Å². The van der Waals surface area contributed by atoms with Crippen LogP contribution in [0.25, 0.3) is 0 Å². The summed E-state index contributed by atoms with van der Waals surface area (Å²) in [6.45, 7) is 4.52. The number of rotatable bonds is 5. The molecule has 1 aliphatic heterocycles. The van der Waals surface area contributed by atoms with E-state index in [0.29, 0.717) is 0 Å². The Hall–Kier alpha value is -1.20. The van der Waals surface area contributed by atoms with Gasteiger partial charge in [-0.05, 0) is 30.7 Å². The second kappa shape index (κ2) is 6.11. The smallest absolute Gasteiger partial charge is 0.324 e. The topological polar surface area (TPSA) is 43.8 Å². The van der Waals surface area contributed by atoms with Crippen LogP contribution in [0.5, 0.6) is 0 Å². The fourth-order valence-electron chi connectivity index (χ4n) is 2.07. The molecular formula is C13H18N2O2S. The largest absolute Gasteiger partial charge is 0.325 e. The summed E-state index contributed by atoms with van der Waals surface area (Å²) in [7, 11) is 0. The number of amides is 2. The molecular weight excluding hydrogens is 248 g/mol. The third kappa shape index (κ3) is 2.79. The number of hydrogen-bond donors (Lipinski definition) is 1. The lowest BCUT2D eigenvalue weighted by Gasteiger charge is -2.18. The Balaban J connectivity index is 2.03. The minimum Gasteiger partial charge on any atom is -0.325 e.